The van der Waals surface area contributed by atoms with Crippen LogP contribution in [-0.2, 0) is 0 Å². The molecule has 0 aliphatic rings. The number of rotatable bonds is 6. The lowest BCUT2D eigenvalue weighted by molar-refractivity contribution is 0.0984. The topological polar surface area (TPSA) is 20.3 Å². The molecule has 20 heavy (non-hydrogen) atoms. The first-order chi connectivity index (χ1) is 9.70. The van der Waals surface area contributed by atoms with E-state index >= 15 is 0 Å². The van der Waals surface area contributed by atoms with Gasteiger partial charge in [-0.3, -0.25) is 4.79 Å². The maximum Gasteiger partial charge on any atom is 0.164 e. The van der Waals surface area contributed by atoms with E-state index in [2.05, 4.69) is 43.0 Å². The van der Waals surface area contributed by atoms with Crippen molar-refractivity contribution in [2.45, 2.75) is 20.3 Å². The number of ketones is 1. The molecule has 2 heteroatoms. The van der Waals surface area contributed by atoms with Gasteiger partial charge in [-0.2, -0.15) is 0 Å². The number of hydrogen-bond acceptors (Lipinski definition) is 2. The molecule has 0 radical (unpaired) electrons. The van der Waals surface area contributed by atoms with E-state index in [9.17, 15) is 4.79 Å². The van der Waals surface area contributed by atoms with Gasteiger partial charge in [-0.15, -0.1) is 0 Å². The fourth-order valence-corrected chi connectivity index (χ4v) is 2.23. The first-order valence-electron chi connectivity index (χ1n) is 7.10. The summed E-state index contributed by atoms with van der Waals surface area (Å²) < 4.78 is 0. The molecule has 0 heterocycles. The van der Waals surface area contributed by atoms with Crippen LogP contribution in [0.2, 0.25) is 0 Å². The van der Waals surface area contributed by atoms with Gasteiger partial charge in [0, 0.05) is 30.8 Å². The highest BCUT2D eigenvalue weighted by Crippen LogP contribution is 2.15. The van der Waals surface area contributed by atoms with E-state index in [0.29, 0.717) is 6.42 Å². The number of Topliss-reactive ketones (excluding diaryl/α,β-unsaturated/α-hetero) is 1. The van der Waals surface area contributed by atoms with Crippen LogP contribution in [0.5, 0.6) is 0 Å². The van der Waals surface area contributed by atoms with Crippen LogP contribution < -0.4 is 4.90 Å². The van der Waals surface area contributed by atoms with Crippen molar-refractivity contribution in [1.82, 2.24) is 0 Å². The van der Waals surface area contributed by atoms with E-state index in [1.54, 1.807) is 0 Å². The normalized spacial score (nSPS) is 10.3. The van der Waals surface area contributed by atoms with Crippen molar-refractivity contribution in [2.75, 3.05) is 18.0 Å². The molecule has 0 saturated heterocycles. The van der Waals surface area contributed by atoms with Crippen molar-refractivity contribution >= 4 is 11.5 Å². The summed E-state index contributed by atoms with van der Waals surface area (Å²) in [7, 11) is 0. The fourth-order valence-electron chi connectivity index (χ4n) is 2.23. The molecular weight excluding hydrogens is 246 g/mol. The maximum absolute atomic E-state index is 12.1. The lowest BCUT2D eigenvalue weighted by atomic mass is 10.1. The molecule has 0 unspecified atom stereocenters. The molecule has 0 amide bonds. The molecule has 0 saturated carbocycles. The molecule has 0 atom stereocenters. The van der Waals surface area contributed by atoms with Gasteiger partial charge in [0.2, 0.25) is 0 Å². The predicted molar refractivity (Wildman–Crippen MR) is 84.5 cm³/mol. The Labute approximate surface area is 121 Å². The van der Waals surface area contributed by atoms with Crippen LogP contribution >= 0.6 is 0 Å². The number of hydrogen-bond donors (Lipinski definition) is 0. The molecule has 0 bridgehead atoms. The van der Waals surface area contributed by atoms with E-state index in [-0.39, 0.29) is 5.78 Å². The summed E-state index contributed by atoms with van der Waals surface area (Å²) in [5.41, 5.74) is 3.23. The number of carbonyl (C=O) groups is 1. The Balaban J connectivity index is 1.97. The van der Waals surface area contributed by atoms with Gasteiger partial charge in [0.25, 0.3) is 0 Å². The Bertz CT molecular complexity index is 545. The summed E-state index contributed by atoms with van der Waals surface area (Å²) in [5.74, 6) is 0.205. The SMILES string of the molecule is CCN(CCC(=O)c1ccccc1)c1ccc(C)cc1. The van der Waals surface area contributed by atoms with Crippen molar-refractivity contribution < 1.29 is 4.79 Å². The van der Waals surface area contributed by atoms with Gasteiger partial charge < -0.3 is 4.90 Å². The molecule has 2 rings (SSSR count). The zero-order chi connectivity index (χ0) is 14.4. The predicted octanol–water partition coefficient (Wildman–Crippen LogP) is 4.09. The summed E-state index contributed by atoms with van der Waals surface area (Å²) >= 11 is 0. The van der Waals surface area contributed by atoms with E-state index in [4.69, 9.17) is 0 Å². The largest absolute Gasteiger partial charge is 0.371 e. The van der Waals surface area contributed by atoms with Gasteiger partial charge in [-0.1, -0.05) is 48.0 Å². The lowest BCUT2D eigenvalue weighted by Crippen LogP contribution is -2.25. The third-order valence-electron chi connectivity index (χ3n) is 3.49. The van der Waals surface area contributed by atoms with Gasteiger partial charge in [0.15, 0.2) is 5.78 Å². The van der Waals surface area contributed by atoms with Crippen LogP contribution in [0.4, 0.5) is 5.69 Å². The monoisotopic (exact) mass is 267 g/mol. The number of anilines is 1. The van der Waals surface area contributed by atoms with E-state index in [1.165, 1.54) is 11.3 Å². The Hall–Kier alpha value is -2.09. The molecule has 2 aromatic rings. The summed E-state index contributed by atoms with van der Waals surface area (Å²) in [4.78, 5) is 14.4. The Morgan fingerprint density at radius 3 is 2.25 bits per heavy atom. The van der Waals surface area contributed by atoms with Gasteiger partial charge >= 0.3 is 0 Å². The van der Waals surface area contributed by atoms with Crippen LogP contribution in [0.25, 0.3) is 0 Å². The lowest BCUT2D eigenvalue weighted by Gasteiger charge is -2.23. The number of nitrogens with zero attached hydrogens (tertiary/aromatic N) is 1. The second-order valence-electron chi connectivity index (χ2n) is 4.95. The Kier molecular flexibility index (Phi) is 4.94. The van der Waals surface area contributed by atoms with Crippen LogP contribution in [0.3, 0.4) is 0 Å². The van der Waals surface area contributed by atoms with Crippen molar-refractivity contribution in [1.29, 1.82) is 0 Å². The fraction of sp³-hybridized carbons (Fsp3) is 0.278. The number of benzene rings is 2. The Morgan fingerprint density at radius 1 is 1.00 bits per heavy atom. The van der Waals surface area contributed by atoms with E-state index in [1.807, 2.05) is 30.3 Å². The number of aryl methyl sites for hydroxylation is 1. The zero-order valence-corrected chi connectivity index (χ0v) is 12.2. The standard InChI is InChI=1S/C18H21NO/c1-3-19(17-11-9-15(2)10-12-17)14-13-18(20)16-7-5-4-6-8-16/h4-12H,3,13-14H2,1-2H3. The minimum Gasteiger partial charge on any atom is -0.371 e. The summed E-state index contributed by atoms with van der Waals surface area (Å²) in [6, 6.07) is 18.0. The minimum atomic E-state index is 0.205. The van der Waals surface area contributed by atoms with Crippen LogP contribution in [0.15, 0.2) is 54.6 Å². The molecule has 0 aliphatic heterocycles. The molecule has 0 spiro atoms. The van der Waals surface area contributed by atoms with Crippen molar-refractivity contribution in [2.24, 2.45) is 0 Å². The van der Waals surface area contributed by atoms with Crippen LogP contribution in [0, 0.1) is 6.92 Å². The second-order valence-corrected chi connectivity index (χ2v) is 4.95. The zero-order valence-electron chi connectivity index (χ0n) is 12.2. The highest BCUT2D eigenvalue weighted by molar-refractivity contribution is 5.96. The number of carbonyl (C=O) groups excluding carboxylic acids is 1. The van der Waals surface area contributed by atoms with E-state index < -0.39 is 0 Å². The van der Waals surface area contributed by atoms with Crippen molar-refractivity contribution in [3.05, 3.63) is 65.7 Å². The van der Waals surface area contributed by atoms with Gasteiger partial charge in [-0.25, -0.2) is 0 Å². The van der Waals surface area contributed by atoms with E-state index in [0.717, 1.165) is 18.7 Å². The average molecular weight is 267 g/mol. The molecule has 2 nitrogen and oxygen atoms in total. The van der Waals surface area contributed by atoms with Gasteiger partial charge in [0.1, 0.15) is 0 Å². The van der Waals surface area contributed by atoms with Gasteiger partial charge in [0.05, 0.1) is 0 Å². The summed E-state index contributed by atoms with van der Waals surface area (Å²) in [5, 5.41) is 0. The second kappa shape index (κ2) is 6.90. The third-order valence-corrected chi connectivity index (χ3v) is 3.49. The molecule has 0 aliphatic carbocycles. The Morgan fingerprint density at radius 2 is 1.65 bits per heavy atom. The van der Waals surface area contributed by atoms with Crippen molar-refractivity contribution in [3.8, 4) is 0 Å². The minimum absolute atomic E-state index is 0.205. The van der Waals surface area contributed by atoms with Crippen molar-refractivity contribution in [3.63, 3.8) is 0 Å². The molecule has 0 aromatic heterocycles. The molecule has 2 aromatic carbocycles. The highest BCUT2D eigenvalue weighted by atomic mass is 16.1. The van der Waals surface area contributed by atoms with Crippen LogP contribution in [0.1, 0.15) is 29.3 Å². The highest BCUT2D eigenvalue weighted by Gasteiger charge is 2.09. The quantitative estimate of drug-likeness (QED) is 0.735. The molecule has 0 N–H and O–H groups in total. The average Bonchev–Trinajstić information content (AvgIpc) is 2.50. The smallest absolute Gasteiger partial charge is 0.164 e. The summed E-state index contributed by atoms with van der Waals surface area (Å²) in [6.45, 7) is 5.87. The summed E-state index contributed by atoms with van der Waals surface area (Å²) in [6.07, 6.45) is 0.547. The first kappa shape index (κ1) is 14.3. The van der Waals surface area contributed by atoms with Crippen LogP contribution in [-0.4, -0.2) is 18.9 Å². The first-order valence-corrected chi connectivity index (χ1v) is 7.10. The van der Waals surface area contributed by atoms with Gasteiger partial charge in [-0.05, 0) is 26.0 Å². The molecule has 0 fully saturated rings. The molecular formula is C18H21NO. The third kappa shape index (κ3) is 3.70. The maximum atomic E-state index is 12.1. The molecule has 104 valence electrons.